The highest BCUT2D eigenvalue weighted by Gasteiger charge is 2.14. The molecule has 1 aromatic rings. The number of nitrogens with two attached hydrogens (primary N) is 1. The third-order valence-corrected chi connectivity index (χ3v) is 1.98. The van der Waals surface area contributed by atoms with Crippen molar-refractivity contribution in [1.29, 1.82) is 0 Å². The molecule has 0 aliphatic rings. The average molecular weight is 239 g/mol. The predicted octanol–water partition coefficient (Wildman–Crippen LogP) is 0.607. The minimum absolute atomic E-state index is 0.183. The first-order valence-corrected chi connectivity index (χ1v) is 4.76. The van der Waals surface area contributed by atoms with Gasteiger partial charge in [0.1, 0.15) is 11.3 Å². The topological polar surface area (TPSA) is 87.9 Å². The van der Waals surface area contributed by atoms with Gasteiger partial charge >= 0.3 is 11.9 Å². The van der Waals surface area contributed by atoms with Gasteiger partial charge in [-0.1, -0.05) is 0 Å². The lowest BCUT2D eigenvalue weighted by molar-refractivity contribution is -0.142. The van der Waals surface area contributed by atoms with Gasteiger partial charge in [0.15, 0.2) is 6.61 Å². The molecule has 2 N–H and O–H groups in total. The van der Waals surface area contributed by atoms with Gasteiger partial charge in [0.25, 0.3) is 0 Å². The van der Waals surface area contributed by atoms with Gasteiger partial charge in [0.2, 0.25) is 0 Å². The third kappa shape index (κ3) is 3.37. The maximum Gasteiger partial charge on any atom is 0.343 e. The van der Waals surface area contributed by atoms with Crippen molar-refractivity contribution in [1.82, 2.24) is 0 Å². The summed E-state index contributed by atoms with van der Waals surface area (Å²) in [6.07, 6.45) is 0. The Morgan fingerprint density at radius 3 is 2.53 bits per heavy atom. The largest absolute Gasteiger partial charge is 0.481 e. The lowest BCUT2D eigenvalue weighted by atomic mass is 10.2. The zero-order valence-corrected chi connectivity index (χ0v) is 9.56. The molecule has 1 aromatic carbocycles. The number of carbonyl (C=O) groups is 2. The fourth-order valence-corrected chi connectivity index (χ4v) is 1.13. The number of hydrogen-bond donors (Lipinski definition) is 1. The van der Waals surface area contributed by atoms with E-state index in [2.05, 4.69) is 9.47 Å². The van der Waals surface area contributed by atoms with Gasteiger partial charge in [-0.2, -0.15) is 0 Å². The molecule has 0 fully saturated rings. The van der Waals surface area contributed by atoms with Crippen LogP contribution >= 0.6 is 0 Å². The first-order chi connectivity index (χ1) is 8.08. The molecular weight excluding hydrogens is 226 g/mol. The molecule has 0 radical (unpaired) electrons. The summed E-state index contributed by atoms with van der Waals surface area (Å²) in [6.45, 7) is -0.302. The molecule has 6 heteroatoms. The number of esters is 2. The van der Waals surface area contributed by atoms with Crippen LogP contribution < -0.4 is 10.5 Å². The molecule has 0 aliphatic carbocycles. The van der Waals surface area contributed by atoms with Crippen LogP contribution in [0.25, 0.3) is 0 Å². The quantitative estimate of drug-likeness (QED) is 0.611. The molecule has 0 saturated carbocycles. The van der Waals surface area contributed by atoms with Crippen molar-refractivity contribution in [2.45, 2.75) is 0 Å². The van der Waals surface area contributed by atoms with E-state index in [0.717, 1.165) is 0 Å². The zero-order valence-electron chi connectivity index (χ0n) is 9.56. The summed E-state index contributed by atoms with van der Waals surface area (Å²) < 4.78 is 14.1. The molecular formula is C11H13NO5. The average Bonchev–Trinajstić information content (AvgIpc) is 2.35. The van der Waals surface area contributed by atoms with Crippen molar-refractivity contribution in [3.8, 4) is 5.75 Å². The van der Waals surface area contributed by atoms with Gasteiger partial charge in [-0.3, -0.25) is 0 Å². The van der Waals surface area contributed by atoms with E-state index >= 15 is 0 Å². The van der Waals surface area contributed by atoms with Gasteiger partial charge in [-0.05, 0) is 12.1 Å². The molecule has 0 spiro atoms. The van der Waals surface area contributed by atoms with Crippen molar-refractivity contribution >= 4 is 17.6 Å². The highest BCUT2D eigenvalue weighted by atomic mass is 16.6. The molecule has 1 rings (SSSR count). The molecule has 0 saturated heterocycles. The number of anilines is 1. The van der Waals surface area contributed by atoms with E-state index in [1.807, 2.05) is 0 Å². The fourth-order valence-electron chi connectivity index (χ4n) is 1.13. The summed E-state index contributed by atoms with van der Waals surface area (Å²) in [5.74, 6) is -0.935. The van der Waals surface area contributed by atoms with Crippen LogP contribution in [0.3, 0.4) is 0 Å². The maximum atomic E-state index is 11.4. The van der Waals surface area contributed by atoms with E-state index in [9.17, 15) is 9.59 Å². The van der Waals surface area contributed by atoms with Gasteiger partial charge < -0.3 is 19.9 Å². The number of nitrogen functional groups attached to an aromatic ring is 1. The van der Waals surface area contributed by atoms with Crippen LogP contribution in [0.5, 0.6) is 5.75 Å². The number of carbonyl (C=O) groups excluding carboxylic acids is 2. The third-order valence-electron chi connectivity index (χ3n) is 1.98. The SMILES string of the molecule is COC(=O)COc1cc(N)ccc1C(=O)OC. The van der Waals surface area contributed by atoms with E-state index in [-0.39, 0.29) is 17.9 Å². The predicted molar refractivity (Wildman–Crippen MR) is 59.7 cm³/mol. The zero-order chi connectivity index (χ0) is 12.8. The summed E-state index contributed by atoms with van der Waals surface area (Å²) >= 11 is 0. The number of ether oxygens (including phenoxy) is 3. The Balaban J connectivity index is 2.91. The molecule has 0 atom stereocenters. The number of methoxy groups -OCH3 is 2. The second-order valence-corrected chi connectivity index (χ2v) is 3.11. The van der Waals surface area contributed by atoms with E-state index < -0.39 is 11.9 Å². The highest BCUT2D eigenvalue weighted by molar-refractivity contribution is 5.93. The molecule has 92 valence electrons. The lowest BCUT2D eigenvalue weighted by Crippen LogP contribution is -2.15. The van der Waals surface area contributed by atoms with Crippen LogP contribution in [0.1, 0.15) is 10.4 Å². The van der Waals surface area contributed by atoms with Crippen molar-refractivity contribution in [2.75, 3.05) is 26.6 Å². The second-order valence-electron chi connectivity index (χ2n) is 3.11. The first kappa shape index (κ1) is 12.8. The molecule has 0 aliphatic heterocycles. The van der Waals surface area contributed by atoms with Crippen molar-refractivity contribution in [3.05, 3.63) is 23.8 Å². The van der Waals surface area contributed by atoms with Crippen LogP contribution in [-0.4, -0.2) is 32.8 Å². The summed E-state index contributed by atoms with van der Waals surface area (Å²) in [7, 11) is 2.50. The van der Waals surface area contributed by atoms with E-state index in [1.54, 1.807) is 0 Å². The monoisotopic (exact) mass is 239 g/mol. The van der Waals surface area contributed by atoms with Crippen molar-refractivity contribution < 1.29 is 23.8 Å². The maximum absolute atomic E-state index is 11.4. The highest BCUT2D eigenvalue weighted by Crippen LogP contribution is 2.22. The minimum Gasteiger partial charge on any atom is -0.481 e. The number of benzene rings is 1. The Hall–Kier alpha value is -2.24. The summed E-state index contributed by atoms with van der Waals surface area (Å²) in [5, 5.41) is 0. The first-order valence-electron chi connectivity index (χ1n) is 4.76. The molecule has 17 heavy (non-hydrogen) atoms. The van der Waals surface area contributed by atoms with Crippen molar-refractivity contribution in [3.63, 3.8) is 0 Å². The minimum atomic E-state index is -0.565. The molecule has 6 nitrogen and oxygen atoms in total. The number of hydrogen-bond acceptors (Lipinski definition) is 6. The molecule has 0 bridgehead atoms. The molecule has 0 amide bonds. The lowest BCUT2D eigenvalue weighted by Gasteiger charge is -2.09. The normalized spacial score (nSPS) is 9.53. The Morgan fingerprint density at radius 2 is 1.94 bits per heavy atom. The van der Waals surface area contributed by atoms with Gasteiger partial charge in [-0.25, -0.2) is 9.59 Å². The standard InChI is InChI=1S/C11H13NO5/c1-15-10(13)6-17-9-5-7(12)3-4-8(9)11(14)16-2/h3-5H,6,12H2,1-2H3. The van der Waals surface area contributed by atoms with E-state index in [0.29, 0.717) is 5.69 Å². The van der Waals surface area contributed by atoms with Gasteiger partial charge in [0, 0.05) is 11.8 Å². The Labute approximate surface area is 98.3 Å². The smallest absolute Gasteiger partial charge is 0.343 e. The van der Waals surface area contributed by atoms with Crippen LogP contribution in [0.4, 0.5) is 5.69 Å². The fraction of sp³-hybridized carbons (Fsp3) is 0.273. The van der Waals surface area contributed by atoms with Crippen molar-refractivity contribution in [2.24, 2.45) is 0 Å². The molecule has 0 heterocycles. The summed E-state index contributed by atoms with van der Waals surface area (Å²) in [5.41, 5.74) is 6.17. The van der Waals surface area contributed by atoms with Gasteiger partial charge in [0.05, 0.1) is 14.2 Å². The number of rotatable bonds is 4. The Kier molecular flexibility index (Phi) is 4.33. The van der Waals surface area contributed by atoms with E-state index in [1.165, 1.54) is 32.4 Å². The van der Waals surface area contributed by atoms with E-state index in [4.69, 9.17) is 10.5 Å². The second kappa shape index (κ2) is 5.74. The van der Waals surface area contributed by atoms with Crippen LogP contribution in [0.15, 0.2) is 18.2 Å². The van der Waals surface area contributed by atoms with Gasteiger partial charge in [-0.15, -0.1) is 0 Å². The summed E-state index contributed by atoms with van der Waals surface area (Å²) in [4.78, 5) is 22.3. The van der Waals surface area contributed by atoms with Crippen LogP contribution in [0.2, 0.25) is 0 Å². The molecule has 0 unspecified atom stereocenters. The summed E-state index contributed by atoms with van der Waals surface area (Å²) in [6, 6.07) is 4.44. The Bertz CT molecular complexity index is 430. The van der Waals surface area contributed by atoms with Crippen LogP contribution in [-0.2, 0) is 14.3 Å². The van der Waals surface area contributed by atoms with Crippen LogP contribution in [0, 0.1) is 0 Å². The molecule has 0 aromatic heterocycles. The Morgan fingerprint density at radius 1 is 1.24 bits per heavy atom.